The van der Waals surface area contributed by atoms with Gasteiger partial charge in [-0.15, -0.1) is 0 Å². The van der Waals surface area contributed by atoms with Crippen LogP contribution in [0.3, 0.4) is 0 Å². The maximum absolute atomic E-state index is 15.2. The molecule has 0 heterocycles. The molecule has 0 aromatic heterocycles. The Labute approximate surface area is 658 Å². The van der Waals surface area contributed by atoms with Crippen molar-refractivity contribution in [3.8, 4) is 11.1 Å². The molecular weight excluding hydrogens is 1450 g/mol. The summed E-state index contributed by atoms with van der Waals surface area (Å²) >= 11 is 5.32. The van der Waals surface area contributed by atoms with Crippen molar-refractivity contribution in [1.29, 1.82) is 0 Å². The molecule has 7 aliphatic rings. The number of allylic oxidation sites excluding steroid dienone is 2. The van der Waals surface area contributed by atoms with Gasteiger partial charge < -0.3 is 73.2 Å². The normalized spacial score (nSPS) is 26.5. The third kappa shape index (κ3) is 21.1. The Bertz CT molecular complexity index is 3720. The summed E-state index contributed by atoms with van der Waals surface area (Å²) in [4.78, 5) is 125. The summed E-state index contributed by atoms with van der Waals surface area (Å²) in [6, 6.07) is 25.7. The van der Waals surface area contributed by atoms with Crippen molar-refractivity contribution in [2.45, 2.75) is 213 Å². The van der Waals surface area contributed by atoms with Gasteiger partial charge in [0.05, 0.1) is 17.4 Å². The minimum Gasteiger partial charge on any atom is -0.458 e. The average molecular weight is 1570 g/mol. The lowest BCUT2D eigenvalue weighted by atomic mass is 9.40. The Hall–Kier alpha value is -7.89. The Morgan fingerprint density at radius 3 is 1.68 bits per heavy atom. The predicted molar refractivity (Wildman–Crippen MR) is 426 cm³/mol. The van der Waals surface area contributed by atoms with Crippen molar-refractivity contribution >= 4 is 74.0 Å². The summed E-state index contributed by atoms with van der Waals surface area (Å²) < 4.78 is 41.4. The molecule has 24 nitrogen and oxygen atoms in total. The molecule has 7 aliphatic carbocycles. The van der Waals surface area contributed by atoms with E-state index < -0.39 is 105 Å². The lowest BCUT2D eigenvalue weighted by molar-refractivity contribution is -0.294. The number of nitrogens with zero attached hydrogens (tertiary/aromatic N) is 5. The molecule has 5 amide bonds. The zero-order valence-electron chi connectivity index (χ0n) is 65.1. The summed E-state index contributed by atoms with van der Waals surface area (Å²) in [7, 11) is 11.9. The monoisotopic (exact) mass is 1570 g/mol. The van der Waals surface area contributed by atoms with Crippen LogP contribution in [0.2, 0.25) is 0 Å². The van der Waals surface area contributed by atoms with Gasteiger partial charge in [0.25, 0.3) is 0 Å². The highest BCUT2D eigenvalue weighted by molar-refractivity contribution is 7.39. The van der Waals surface area contributed by atoms with Gasteiger partial charge in [-0.1, -0.05) is 146 Å². The lowest BCUT2D eigenvalue weighted by Gasteiger charge is -2.68. The number of aliphatic hydroxyl groups excluding tert-OH is 1. The minimum atomic E-state index is -2.08. The molecule has 26 heteroatoms. The van der Waals surface area contributed by atoms with Crippen LogP contribution in [-0.2, 0) is 47.5 Å². The van der Waals surface area contributed by atoms with Gasteiger partial charge in [-0.05, 0) is 163 Å². The smallest absolute Gasteiger partial charge is 0.410 e. The van der Waals surface area contributed by atoms with Gasteiger partial charge in [-0.2, -0.15) is 0 Å². The van der Waals surface area contributed by atoms with Crippen LogP contribution in [0.1, 0.15) is 182 Å². The first-order valence-electron chi connectivity index (χ1n) is 38.0. The number of nitrogens with one attached hydrogen (secondary N) is 1. The first-order chi connectivity index (χ1) is 51.2. The number of fused-ring (bicyclic) bond motifs is 8. The summed E-state index contributed by atoms with van der Waals surface area (Å²) in [5.41, 5.74) is -0.686. The Balaban J connectivity index is 0.000000339. The molecule has 0 radical (unpaired) electrons. The standard InChI is InChI=1S/C49H69N2O13P.C19H22N2O2.C14H23ClN2O3.2CH4/c1-28(32-18-14-13-15-19-32)38(62-44(57)51(9)25-24-50(8)43(56)60-34-20-16-11-10-12-17-21-34)42(55)61-35-27-49(59)41(63-45(58)65)39-47(7,40(54)30(3)37(29(35)2)46(49,5)6)36(53)26-33-22-23-48(33,39)64-31(4)52;1-20-11-12-21(2)19(22)23-13-18-16-9-5-3-7-14(16)15-8-4-6-10-17(15)18;1-16(13(15)18)10-11-17(2)14(19)20-12-8-6-4-3-5-7-9-12;;/h13-16,18-20,28,30,33-36,38-39,41,53,59H,10-12,17,21-27,65H2,1-9H3;3-10,18,20H,11-13H2,1-2H3;6,8,12H,3-5,7,9-11H2,1-2H3;2*1H4/b20-16+;;8-6+;;/t28-,30+,33+,34?,35-,36-,38+,39?,41-,47+,48-,49+;;;;/m0..../s1. The number of hydrogen-bond donors (Lipinski definition) is 3. The number of carbonyl (C=O) groups excluding carboxylic acids is 9. The van der Waals surface area contributed by atoms with Crippen molar-refractivity contribution in [1.82, 2.24) is 29.8 Å². The number of benzene rings is 3. The summed E-state index contributed by atoms with van der Waals surface area (Å²) in [5.74, 6) is -5.07. The van der Waals surface area contributed by atoms with Crippen LogP contribution in [0, 0.1) is 28.6 Å². The first-order valence-corrected chi connectivity index (χ1v) is 39.0. The van der Waals surface area contributed by atoms with Crippen LogP contribution in [0.25, 0.3) is 11.1 Å². The maximum Gasteiger partial charge on any atom is 0.410 e. The fraction of sp³-hybridized carbons (Fsp3) is 0.607. The highest BCUT2D eigenvalue weighted by Gasteiger charge is 2.76. The second-order valence-electron chi connectivity index (χ2n) is 30.8. The van der Waals surface area contributed by atoms with Gasteiger partial charge in [-0.3, -0.25) is 14.4 Å². The molecule has 0 aliphatic heterocycles. The number of halogens is 1. The van der Waals surface area contributed by atoms with E-state index in [2.05, 4.69) is 47.8 Å². The Morgan fingerprint density at radius 2 is 1.18 bits per heavy atom. The number of ether oxygens (including phenoxy) is 7. The van der Waals surface area contributed by atoms with E-state index in [1.54, 1.807) is 98.9 Å². The van der Waals surface area contributed by atoms with Crippen LogP contribution in [0.15, 0.2) is 114 Å². The van der Waals surface area contributed by atoms with E-state index in [-0.39, 0.29) is 77.0 Å². The van der Waals surface area contributed by atoms with Gasteiger partial charge in [0.15, 0.2) is 0 Å². The number of amides is 5. The second-order valence-corrected chi connectivity index (χ2v) is 31.6. The lowest BCUT2D eigenvalue weighted by Crippen LogP contribution is -2.78. The van der Waals surface area contributed by atoms with Gasteiger partial charge >= 0.3 is 47.4 Å². The van der Waals surface area contributed by atoms with E-state index in [9.17, 15) is 48.6 Å². The predicted octanol–water partition coefficient (Wildman–Crippen LogP) is 14.9. The summed E-state index contributed by atoms with van der Waals surface area (Å²) in [5, 5.41) is 27.9. The highest BCUT2D eigenvalue weighted by Crippen LogP contribution is 2.68. The van der Waals surface area contributed by atoms with E-state index >= 15 is 4.79 Å². The minimum absolute atomic E-state index is 0. The van der Waals surface area contributed by atoms with Gasteiger partial charge in [-0.25, -0.2) is 28.8 Å². The largest absolute Gasteiger partial charge is 0.458 e. The molecule has 4 unspecified atom stereocenters. The molecule has 10 rings (SSSR count). The number of Topliss-reactive ketones (excluding diaryl/α,β-unsaturated/α-hetero) is 1. The molecule has 3 aromatic rings. The number of aliphatic hydroxyl groups is 2. The quantitative estimate of drug-likeness (QED) is 0.0237. The fourth-order valence-electron chi connectivity index (χ4n) is 16.8. The number of hydrogen-bond acceptors (Lipinski definition) is 19. The van der Waals surface area contributed by atoms with E-state index in [1.165, 1.54) is 68.7 Å². The van der Waals surface area contributed by atoms with Crippen molar-refractivity contribution in [2.24, 2.45) is 28.6 Å². The van der Waals surface area contributed by atoms with E-state index in [0.717, 1.165) is 57.9 Å². The topological polar surface area (TPSA) is 287 Å². The van der Waals surface area contributed by atoms with Crippen molar-refractivity contribution < 1.29 is 86.5 Å². The highest BCUT2D eigenvalue weighted by atomic mass is 35.5. The zero-order valence-corrected chi connectivity index (χ0v) is 67.0. The first kappa shape index (κ1) is 91.0. The Morgan fingerprint density at radius 1 is 0.673 bits per heavy atom. The molecule has 0 saturated heterocycles. The molecule has 3 N–H and O–H groups in total. The fourth-order valence-corrected chi connectivity index (χ4v) is 17.0. The van der Waals surface area contributed by atoms with Crippen LogP contribution < -0.4 is 5.32 Å². The van der Waals surface area contributed by atoms with Crippen LogP contribution in [-0.4, -0.2) is 224 Å². The van der Waals surface area contributed by atoms with Crippen LogP contribution in [0.4, 0.5) is 28.8 Å². The van der Waals surface area contributed by atoms with Crippen molar-refractivity contribution in [3.63, 3.8) is 0 Å². The van der Waals surface area contributed by atoms with E-state index in [1.807, 2.05) is 52.7 Å². The maximum atomic E-state index is 15.2. The molecule has 3 fully saturated rings. The SMILES string of the molecule is C.C.CC(=O)O[C@@]12CC[C@@H]1C[C@H](O)[C@@]1(C)C(=O)[C@H](C)C3=C(C)[C@@H](OC(=O)[C@H](OC(=O)N(C)CCN(C)C(=O)OC4/C=C/CCCCC4)[C@@H](C)c4ccccc4)C[C@@](O)([C@@H](OC(=O)P)C12)C3(C)C.CN(CCN(C)C(=O)OC1/C=C/CCCCC1)C(=O)Cl.CNCCN(C)C(=O)OCC1c2ccccc2-c2ccccc21. The Kier molecular flexibility index (Phi) is 33.5. The third-order valence-corrected chi connectivity index (χ3v) is 23.8. The summed E-state index contributed by atoms with van der Waals surface area (Å²) in [6.45, 7) is 14.2. The third-order valence-electron chi connectivity index (χ3n) is 23.4. The zero-order chi connectivity index (χ0) is 79.0. The average Bonchev–Trinajstić information content (AvgIpc) is 0.798. The molecule has 0 spiro atoms. The molecule has 14 atom stereocenters. The molecule has 608 valence electrons. The number of likely N-dealkylation sites (N-methyl/N-ethyl adjacent to an activating group) is 6. The van der Waals surface area contributed by atoms with Crippen LogP contribution in [0.5, 0.6) is 0 Å². The van der Waals surface area contributed by atoms with Gasteiger partial charge in [0, 0.05) is 117 Å². The van der Waals surface area contributed by atoms with Gasteiger partial charge in [0.1, 0.15) is 48.0 Å². The second kappa shape index (κ2) is 40.5. The van der Waals surface area contributed by atoms with Gasteiger partial charge in [0.2, 0.25) is 6.10 Å². The molecule has 3 aromatic carbocycles. The van der Waals surface area contributed by atoms with Crippen LogP contribution >= 0.6 is 20.8 Å². The molecule has 3 saturated carbocycles. The summed E-state index contributed by atoms with van der Waals surface area (Å²) in [6.07, 6.45) is 10.9. The van der Waals surface area contributed by atoms with Crippen molar-refractivity contribution in [3.05, 3.63) is 131 Å². The number of esters is 2. The molecule has 2 bridgehead atoms. The number of rotatable bonds is 20. The van der Waals surface area contributed by atoms with E-state index in [4.69, 9.17) is 44.8 Å². The van der Waals surface area contributed by atoms with Crippen molar-refractivity contribution in [2.75, 3.05) is 88.2 Å². The number of carbonyl (C=O) groups is 9. The molecular formula is C84H122ClN6O18P. The molecule has 110 heavy (non-hydrogen) atoms. The number of ketones is 1. The van der Waals surface area contributed by atoms with E-state index in [0.29, 0.717) is 55.8 Å².